The molecule has 1 aliphatic heterocycles. The summed E-state index contributed by atoms with van der Waals surface area (Å²) in [5.74, 6) is 0. The Kier molecular flexibility index (Phi) is 6.65. The van der Waals surface area contributed by atoms with Crippen LogP contribution in [-0.2, 0) is 4.74 Å². The lowest BCUT2D eigenvalue weighted by Crippen LogP contribution is -2.40. The van der Waals surface area contributed by atoms with Crippen molar-refractivity contribution < 1.29 is 4.74 Å². The van der Waals surface area contributed by atoms with E-state index in [9.17, 15) is 0 Å². The second kappa shape index (κ2) is 7.49. The van der Waals surface area contributed by atoms with Gasteiger partial charge in [-0.2, -0.15) is 0 Å². The van der Waals surface area contributed by atoms with Gasteiger partial charge in [-0.05, 0) is 57.4 Å². The normalized spacial score (nSPS) is 26.5. The molecule has 0 bridgehead atoms. The number of hydrogen-bond acceptors (Lipinski definition) is 2. The zero-order chi connectivity index (χ0) is 13.6. The van der Waals surface area contributed by atoms with E-state index in [1.54, 1.807) is 0 Å². The number of rotatable bonds is 7. The Labute approximate surface area is 114 Å². The monoisotopic (exact) mass is 255 g/mol. The van der Waals surface area contributed by atoms with Crippen molar-refractivity contribution in [1.82, 2.24) is 5.32 Å². The molecular formula is C16H33NO. The van der Waals surface area contributed by atoms with Crippen molar-refractivity contribution in [3.8, 4) is 0 Å². The van der Waals surface area contributed by atoms with Crippen LogP contribution in [0.2, 0.25) is 0 Å². The largest absolute Gasteiger partial charge is 0.375 e. The fourth-order valence-electron chi connectivity index (χ4n) is 2.81. The molecule has 3 unspecified atom stereocenters. The van der Waals surface area contributed by atoms with Crippen molar-refractivity contribution in [3.05, 3.63) is 0 Å². The zero-order valence-electron chi connectivity index (χ0n) is 13.1. The molecule has 1 fully saturated rings. The fourth-order valence-corrected chi connectivity index (χ4v) is 2.81. The van der Waals surface area contributed by atoms with Crippen LogP contribution < -0.4 is 5.32 Å². The molecule has 0 aliphatic carbocycles. The molecule has 2 nitrogen and oxygen atoms in total. The molecule has 1 saturated heterocycles. The maximum Gasteiger partial charge on any atom is 0.0579 e. The summed E-state index contributed by atoms with van der Waals surface area (Å²) in [6.07, 6.45) is 8.57. The first kappa shape index (κ1) is 16.0. The molecule has 0 aromatic carbocycles. The lowest BCUT2D eigenvalue weighted by atomic mass is 9.83. The van der Waals surface area contributed by atoms with Crippen LogP contribution in [0.1, 0.15) is 73.1 Å². The van der Waals surface area contributed by atoms with Crippen molar-refractivity contribution in [3.63, 3.8) is 0 Å². The van der Waals surface area contributed by atoms with Crippen LogP contribution >= 0.6 is 0 Å². The molecule has 108 valence electrons. The van der Waals surface area contributed by atoms with Crippen LogP contribution in [0.15, 0.2) is 0 Å². The van der Waals surface area contributed by atoms with E-state index in [1.165, 1.54) is 38.5 Å². The summed E-state index contributed by atoms with van der Waals surface area (Å²) in [6, 6.07) is 0.635. The van der Waals surface area contributed by atoms with Crippen molar-refractivity contribution in [2.24, 2.45) is 5.41 Å². The summed E-state index contributed by atoms with van der Waals surface area (Å²) in [5, 5.41) is 3.70. The highest BCUT2D eigenvalue weighted by molar-refractivity contribution is 4.81. The molecule has 0 saturated carbocycles. The predicted octanol–water partition coefficient (Wildman–Crippen LogP) is 4.14. The van der Waals surface area contributed by atoms with Gasteiger partial charge in [0, 0.05) is 6.04 Å². The van der Waals surface area contributed by atoms with Crippen LogP contribution in [0.5, 0.6) is 0 Å². The Morgan fingerprint density at radius 2 is 2.00 bits per heavy atom. The van der Waals surface area contributed by atoms with Crippen LogP contribution in [0.25, 0.3) is 0 Å². The molecule has 0 aromatic rings. The molecule has 18 heavy (non-hydrogen) atoms. The van der Waals surface area contributed by atoms with E-state index in [0.717, 1.165) is 6.54 Å². The smallest absolute Gasteiger partial charge is 0.0579 e. The average Bonchev–Trinajstić information content (AvgIpc) is 2.67. The van der Waals surface area contributed by atoms with Gasteiger partial charge in [0.15, 0.2) is 0 Å². The lowest BCUT2D eigenvalue weighted by Gasteiger charge is -2.32. The summed E-state index contributed by atoms with van der Waals surface area (Å²) >= 11 is 0. The van der Waals surface area contributed by atoms with Crippen LogP contribution in [0, 0.1) is 5.41 Å². The standard InChI is InChI=1S/C16H33NO/c1-6-12-17-15(16(3,4)5)9-7-8-14-11-10-13(2)18-14/h13-15,17H,6-12H2,1-5H3. The highest BCUT2D eigenvalue weighted by Gasteiger charge is 2.25. The van der Waals surface area contributed by atoms with Crippen LogP contribution in [0.4, 0.5) is 0 Å². The van der Waals surface area contributed by atoms with E-state index in [0.29, 0.717) is 23.7 Å². The van der Waals surface area contributed by atoms with Crippen molar-refractivity contribution in [2.45, 2.75) is 91.4 Å². The third-order valence-electron chi connectivity index (χ3n) is 4.02. The second-order valence-corrected chi connectivity index (χ2v) is 6.95. The minimum absolute atomic E-state index is 0.360. The molecule has 3 atom stereocenters. The minimum Gasteiger partial charge on any atom is -0.375 e. The van der Waals surface area contributed by atoms with E-state index in [-0.39, 0.29) is 0 Å². The van der Waals surface area contributed by atoms with Crippen molar-refractivity contribution >= 4 is 0 Å². The molecular weight excluding hydrogens is 222 g/mol. The van der Waals surface area contributed by atoms with Crippen molar-refractivity contribution in [2.75, 3.05) is 6.54 Å². The number of nitrogens with one attached hydrogen (secondary N) is 1. The predicted molar refractivity (Wildman–Crippen MR) is 79.0 cm³/mol. The maximum absolute atomic E-state index is 5.89. The Balaban J connectivity index is 2.24. The Morgan fingerprint density at radius 3 is 2.50 bits per heavy atom. The summed E-state index contributed by atoms with van der Waals surface area (Å²) in [5.41, 5.74) is 0.360. The molecule has 1 heterocycles. The van der Waals surface area contributed by atoms with E-state index in [4.69, 9.17) is 4.74 Å². The van der Waals surface area contributed by atoms with Gasteiger partial charge in [-0.15, -0.1) is 0 Å². The third-order valence-corrected chi connectivity index (χ3v) is 4.02. The third kappa shape index (κ3) is 5.71. The molecule has 1 aliphatic rings. The van der Waals surface area contributed by atoms with Gasteiger partial charge in [0.05, 0.1) is 12.2 Å². The van der Waals surface area contributed by atoms with Gasteiger partial charge in [-0.1, -0.05) is 27.7 Å². The fraction of sp³-hybridized carbons (Fsp3) is 1.00. The SMILES string of the molecule is CCCNC(CCCC1CCC(C)O1)C(C)(C)C. The molecule has 0 aromatic heterocycles. The molecule has 1 N–H and O–H groups in total. The van der Waals surface area contributed by atoms with Gasteiger partial charge in [-0.3, -0.25) is 0 Å². The summed E-state index contributed by atoms with van der Waals surface area (Å²) in [7, 11) is 0. The Morgan fingerprint density at radius 1 is 1.28 bits per heavy atom. The Bertz CT molecular complexity index is 222. The van der Waals surface area contributed by atoms with Crippen LogP contribution in [-0.4, -0.2) is 24.8 Å². The van der Waals surface area contributed by atoms with Gasteiger partial charge >= 0.3 is 0 Å². The maximum atomic E-state index is 5.89. The molecule has 2 heteroatoms. The van der Waals surface area contributed by atoms with E-state index in [1.807, 2.05) is 0 Å². The zero-order valence-corrected chi connectivity index (χ0v) is 13.1. The minimum atomic E-state index is 0.360. The van der Waals surface area contributed by atoms with Gasteiger partial charge in [0.1, 0.15) is 0 Å². The molecule has 1 rings (SSSR count). The van der Waals surface area contributed by atoms with Crippen molar-refractivity contribution in [1.29, 1.82) is 0 Å². The average molecular weight is 255 g/mol. The first-order chi connectivity index (χ1) is 8.43. The quantitative estimate of drug-likeness (QED) is 0.738. The summed E-state index contributed by atoms with van der Waals surface area (Å²) in [6.45, 7) is 12.6. The second-order valence-electron chi connectivity index (χ2n) is 6.95. The molecule has 0 radical (unpaired) electrons. The highest BCUT2D eigenvalue weighted by Crippen LogP contribution is 2.27. The van der Waals surface area contributed by atoms with E-state index in [2.05, 4.69) is 39.9 Å². The van der Waals surface area contributed by atoms with Gasteiger partial charge in [0.25, 0.3) is 0 Å². The highest BCUT2D eigenvalue weighted by atomic mass is 16.5. The van der Waals surface area contributed by atoms with Gasteiger partial charge in [-0.25, -0.2) is 0 Å². The van der Waals surface area contributed by atoms with Gasteiger partial charge in [0.2, 0.25) is 0 Å². The number of hydrogen-bond donors (Lipinski definition) is 1. The first-order valence-electron chi connectivity index (χ1n) is 7.82. The topological polar surface area (TPSA) is 21.3 Å². The number of ether oxygens (including phenoxy) is 1. The Hall–Kier alpha value is -0.0800. The first-order valence-corrected chi connectivity index (χ1v) is 7.82. The lowest BCUT2D eigenvalue weighted by molar-refractivity contribution is 0.0482. The van der Waals surface area contributed by atoms with E-state index < -0.39 is 0 Å². The summed E-state index contributed by atoms with van der Waals surface area (Å²) in [4.78, 5) is 0. The van der Waals surface area contributed by atoms with Gasteiger partial charge < -0.3 is 10.1 Å². The summed E-state index contributed by atoms with van der Waals surface area (Å²) < 4.78 is 5.89. The molecule has 0 spiro atoms. The van der Waals surface area contributed by atoms with E-state index >= 15 is 0 Å². The molecule has 0 amide bonds. The van der Waals surface area contributed by atoms with Crippen LogP contribution in [0.3, 0.4) is 0 Å².